The topological polar surface area (TPSA) is 102 Å². The standard InChI is InChI=1S/C24H21F3N2O6S/c1-33-21-10-15-9-16(23(30)28-20(15)12-22(21)34-2)13-29(14-18-6-4-8-35-18)36(31,32)19-7-3-5-17(11-19)24(25,26)27/h3-12H,13-14H2,1-2H3,(H,28,30). The number of nitrogens with zero attached hydrogens (tertiary/aromatic N) is 1. The van der Waals surface area contributed by atoms with Gasteiger partial charge in [-0.2, -0.15) is 17.5 Å². The molecule has 0 saturated heterocycles. The average Bonchev–Trinajstić information content (AvgIpc) is 3.36. The number of nitrogens with one attached hydrogen (secondary N) is 1. The van der Waals surface area contributed by atoms with E-state index in [1.165, 1.54) is 32.6 Å². The van der Waals surface area contributed by atoms with Crippen molar-refractivity contribution in [2.75, 3.05) is 14.2 Å². The summed E-state index contributed by atoms with van der Waals surface area (Å²) in [6, 6.07) is 11.2. The Kier molecular flexibility index (Phi) is 6.83. The predicted molar refractivity (Wildman–Crippen MR) is 124 cm³/mol. The highest BCUT2D eigenvalue weighted by molar-refractivity contribution is 7.89. The smallest absolute Gasteiger partial charge is 0.416 e. The first-order chi connectivity index (χ1) is 17.0. The Labute approximate surface area is 203 Å². The number of benzene rings is 2. The van der Waals surface area contributed by atoms with Crippen molar-refractivity contribution in [3.05, 3.63) is 88.1 Å². The van der Waals surface area contributed by atoms with E-state index in [-0.39, 0.29) is 17.9 Å². The molecule has 0 bridgehead atoms. The second-order valence-electron chi connectivity index (χ2n) is 7.80. The number of sulfonamides is 1. The Morgan fingerprint density at radius 2 is 1.69 bits per heavy atom. The molecule has 0 fully saturated rings. The maximum atomic E-state index is 13.5. The number of alkyl halides is 3. The van der Waals surface area contributed by atoms with Crippen LogP contribution in [0.1, 0.15) is 16.9 Å². The zero-order valence-corrected chi connectivity index (χ0v) is 19.9. The summed E-state index contributed by atoms with van der Waals surface area (Å²) in [6.45, 7) is -0.742. The van der Waals surface area contributed by atoms with Gasteiger partial charge in [0.2, 0.25) is 10.0 Å². The van der Waals surface area contributed by atoms with Gasteiger partial charge in [-0.1, -0.05) is 6.07 Å². The van der Waals surface area contributed by atoms with Crippen LogP contribution in [-0.4, -0.2) is 31.9 Å². The summed E-state index contributed by atoms with van der Waals surface area (Å²) in [5, 5.41) is 0.539. The lowest BCUT2D eigenvalue weighted by Gasteiger charge is -2.22. The normalized spacial score (nSPS) is 12.3. The molecule has 0 spiro atoms. The fourth-order valence-electron chi connectivity index (χ4n) is 3.67. The summed E-state index contributed by atoms with van der Waals surface area (Å²) < 4.78 is 83.3. The second kappa shape index (κ2) is 9.70. The highest BCUT2D eigenvalue weighted by Crippen LogP contribution is 2.33. The molecule has 2 aromatic carbocycles. The number of fused-ring (bicyclic) bond motifs is 1. The molecule has 2 aromatic heterocycles. The molecule has 0 aliphatic carbocycles. The van der Waals surface area contributed by atoms with E-state index in [9.17, 15) is 26.4 Å². The van der Waals surface area contributed by atoms with E-state index in [1.807, 2.05) is 0 Å². The minimum absolute atomic E-state index is 0.0665. The first-order valence-corrected chi connectivity index (χ1v) is 11.9. The Morgan fingerprint density at radius 1 is 0.972 bits per heavy atom. The number of pyridine rings is 1. The zero-order chi connectivity index (χ0) is 26.1. The molecule has 0 amide bonds. The van der Waals surface area contributed by atoms with Crippen molar-refractivity contribution in [2.45, 2.75) is 24.2 Å². The van der Waals surface area contributed by atoms with Gasteiger partial charge in [0, 0.05) is 23.6 Å². The van der Waals surface area contributed by atoms with E-state index in [1.54, 1.807) is 18.2 Å². The van der Waals surface area contributed by atoms with Crippen LogP contribution in [0.25, 0.3) is 10.9 Å². The van der Waals surface area contributed by atoms with Gasteiger partial charge in [-0.05, 0) is 42.5 Å². The van der Waals surface area contributed by atoms with E-state index >= 15 is 0 Å². The minimum atomic E-state index is -4.73. The molecule has 1 N–H and O–H groups in total. The van der Waals surface area contributed by atoms with E-state index in [0.717, 1.165) is 22.5 Å². The van der Waals surface area contributed by atoms with Gasteiger partial charge < -0.3 is 18.9 Å². The summed E-state index contributed by atoms with van der Waals surface area (Å²) in [7, 11) is -1.58. The summed E-state index contributed by atoms with van der Waals surface area (Å²) >= 11 is 0. The highest BCUT2D eigenvalue weighted by Gasteiger charge is 2.33. The van der Waals surface area contributed by atoms with Crippen molar-refractivity contribution >= 4 is 20.9 Å². The number of aromatic amines is 1. The number of halogens is 3. The molecule has 4 rings (SSSR count). The third-order valence-electron chi connectivity index (χ3n) is 5.48. The van der Waals surface area contributed by atoms with Crippen LogP contribution in [0, 0.1) is 0 Å². The lowest BCUT2D eigenvalue weighted by Crippen LogP contribution is -2.32. The molecule has 0 atom stereocenters. The molecule has 4 aromatic rings. The molecule has 0 radical (unpaired) electrons. The van der Waals surface area contributed by atoms with Gasteiger partial charge in [0.15, 0.2) is 11.5 Å². The summed E-state index contributed by atoms with van der Waals surface area (Å²) in [6.07, 6.45) is -3.39. The fourth-order valence-corrected chi connectivity index (χ4v) is 5.10. The largest absolute Gasteiger partial charge is 0.493 e. The molecule has 12 heteroatoms. The van der Waals surface area contributed by atoms with Crippen molar-refractivity contribution in [1.82, 2.24) is 9.29 Å². The maximum absolute atomic E-state index is 13.5. The number of hydrogen-bond donors (Lipinski definition) is 1. The average molecular weight is 523 g/mol. The van der Waals surface area contributed by atoms with Crippen molar-refractivity contribution < 1.29 is 35.5 Å². The predicted octanol–water partition coefficient (Wildman–Crippen LogP) is 4.55. The summed E-state index contributed by atoms with van der Waals surface area (Å²) in [5.74, 6) is 1.03. The van der Waals surface area contributed by atoms with Gasteiger partial charge in [-0.25, -0.2) is 8.42 Å². The monoisotopic (exact) mass is 522 g/mol. The molecule has 2 heterocycles. The van der Waals surface area contributed by atoms with E-state index in [2.05, 4.69) is 4.98 Å². The first-order valence-electron chi connectivity index (χ1n) is 10.5. The number of furan rings is 1. The van der Waals surface area contributed by atoms with Crippen molar-refractivity contribution in [2.24, 2.45) is 0 Å². The third-order valence-corrected chi connectivity index (χ3v) is 7.27. The molecule has 190 valence electrons. The molecular formula is C24H21F3N2O6S. The zero-order valence-electron chi connectivity index (χ0n) is 19.1. The molecule has 0 unspecified atom stereocenters. The maximum Gasteiger partial charge on any atom is 0.416 e. The molecule has 36 heavy (non-hydrogen) atoms. The lowest BCUT2D eigenvalue weighted by molar-refractivity contribution is -0.137. The summed E-state index contributed by atoms with van der Waals surface area (Å²) in [4.78, 5) is 15.0. The van der Waals surface area contributed by atoms with E-state index in [4.69, 9.17) is 13.9 Å². The molecule has 0 saturated carbocycles. The number of methoxy groups -OCH3 is 2. The third kappa shape index (κ3) is 5.09. The van der Waals surface area contributed by atoms with Gasteiger partial charge in [0.25, 0.3) is 5.56 Å². The van der Waals surface area contributed by atoms with Crippen LogP contribution in [0.3, 0.4) is 0 Å². The SMILES string of the molecule is COc1cc2cc(CN(Cc3ccco3)S(=O)(=O)c3cccc(C(F)(F)F)c3)c(=O)[nH]c2cc1OC. The number of hydrogen-bond acceptors (Lipinski definition) is 6. The molecule has 0 aliphatic heterocycles. The minimum Gasteiger partial charge on any atom is -0.493 e. The Morgan fingerprint density at radius 3 is 2.33 bits per heavy atom. The van der Waals surface area contributed by atoms with Crippen LogP contribution in [0.5, 0.6) is 11.5 Å². The van der Waals surface area contributed by atoms with Gasteiger partial charge >= 0.3 is 6.18 Å². The van der Waals surface area contributed by atoms with Crippen LogP contribution < -0.4 is 15.0 Å². The fraction of sp³-hybridized carbons (Fsp3) is 0.208. The number of H-pyrrole nitrogens is 1. The Hall–Kier alpha value is -3.77. The van der Waals surface area contributed by atoms with E-state index < -0.39 is 38.8 Å². The molecule has 8 nitrogen and oxygen atoms in total. The van der Waals surface area contributed by atoms with Gasteiger partial charge in [0.1, 0.15) is 5.76 Å². The molecular weight excluding hydrogens is 501 g/mol. The van der Waals surface area contributed by atoms with Crippen LogP contribution in [0.2, 0.25) is 0 Å². The lowest BCUT2D eigenvalue weighted by atomic mass is 10.1. The Bertz CT molecular complexity index is 1550. The van der Waals surface area contributed by atoms with Gasteiger partial charge in [0.05, 0.1) is 43.0 Å². The molecule has 0 aliphatic rings. The first kappa shape index (κ1) is 25.3. The van der Waals surface area contributed by atoms with Crippen molar-refractivity contribution in [3.63, 3.8) is 0 Å². The number of aromatic nitrogens is 1. The van der Waals surface area contributed by atoms with Crippen molar-refractivity contribution in [3.8, 4) is 11.5 Å². The van der Waals surface area contributed by atoms with Crippen molar-refractivity contribution in [1.29, 1.82) is 0 Å². The van der Waals surface area contributed by atoms with Crippen LogP contribution in [0.15, 0.2) is 75.0 Å². The van der Waals surface area contributed by atoms with Crippen LogP contribution in [0.4, 0.5) is 13.2 Å². The van der Waals surface area contributed by atoms with Gasteiger partial charge in [-0.3, -0.25) is 4.79 Å². The van der Waals surface area contributed by atoms with Gasteiger partial charge in [-0.15, -0.1) is 0 Å². The van der Waals surface area contributed by atoms with E-state index in [0.29, 0.717) is 28.5 Å². The number of ether oxygens (including phenoxy) is 2. The number of rotatable bonds is 8. The second-order valence-corrected chi connectivity index (χ2v) is 9.73. The van der Waals surface area contributed by atoms with Crippen LogP contribution in [-0.2, 0) is 29.3 Å². The Balaban J connectivity index is 1.79. The summed E-state index contributed by atoms with van der Waals surface area (Å²) in [5.41, 5.74) is -1.18. The highest BCUT2D eigenvalue weighted by atomic mass is 32.2. The quantitative estimate of drug-likeness (QED) is 0.364. The van der Waals surface area contributed by atoms with Crippen LogP contribution >= 0.6 is 0 Å².